The lowest BCUT2D eigenvalue weighted by atomic mass is 9.87. The summed E-state index contributed by atoms with van der Waals surface area (Å²) in [6, 6.07) is 19.8. The second-order valence-corrected chi connectivity index (χ2v) is 13.3. The molecule has 0 bridgehead atoms. The van der Waals surface area contributed by atoms with E-state index in [1.54, 1.807) is 31.2 Å². The number of urea groups is 1. The van der Waals surface area contributed by atoms with Gasteiger partial charge in [-0.05, 0) is 68.4 Å². The summed E-state index contributed by atoms with van der Waals surface area (Å²) in [5.41, 5.74) is 4.59. The maximum absolute atomic E-state index is 13.3. The normalized spacial score (nSPS) is 19.7. The smallest absolute Gasteiger partial charge is 0.317 e. The number of sulfone groups is 1. The fourth-order valence-corrected chi connectivity index (χ4v) is 6.35. The van der Waals surface area contributed by atoms with Gasteiger partial charge in [0.15, 0.2) is 9.84 Å². The van der Waals surface area contributed by atoms with Gasteiger partial charge in [0.05, 0.1) is 16.3 Å². The summed E-state index contributed by atoms with van der Waals surface area (Å²) in [6.45, 7) is 7.68. The summed E-state index contributed by atoms with van der Waals surface area (Å²) in [6.07, 6.45) is 3.34. The van der Waals surface area contributed by atoms with Crippen LogP contribution >= 0.6 is 0 Å². The number of hydrogen-bond donors (Lipinski definition) is 1. The Morgan fingerprint density at radius 2 is 1.74 bits per heavy atom. The van der Waals surface area contributed by atoms with E-state index in [2.05, 4.69) is 54.2 Å². The van der Waals surface area contributed by atoms with Gasteiger partial charge in [-0.3, -0.25) is 4.68 Å². The van der Waals surface area contributed by atoms with Crippen LogP contribution in [0.15, 0.2) is 65.6 Å². The molecule has 7 nitrogen and oxygen atoms in total. The molecule has 5 rings (SSSR count). The average molecular weight is 535 g/mol. The molecule has 8 heteroatoms. The molecule has 2 fully saturated rings. The Labute approximate surface area is 226 Å². The molecular formula is C30H38N4O3S. The number of carbonyl (C=O) groups excluding carboxylic acids is 1. The van der Waals surface area contributed by atoms with Gasteiger partial charge in [0.1, 0.15) is 0 Å². The van der Waals surface area contributed by atoms with Crippen molar-refractivity contribution in [2.75, 3.05) is 18.8 Å². The topological polar surface area (TPSA) is 84.3 Å². The highest BCUT2D eigenvalue weighted by atomic mass is 32.2. The molecule has 2 aromatic carbocycles. The van der Waals surface area contributed by atoms with Crippen molar-refractivity contribution in [2.45, 2.75) is 69.4 Å². The first-order chi connectivity index (χ1) is 18.2. The largest absolute Gasteiger partial charge is 0.334 e. The van der Waals surface area contributed by atoms with Crippen molar-refractivity contribution in [3.05, 3.63) is 83.2 Å². The number of amides is 2. The van der Waals surface area contributed by atoms with E-state index >= 15 is 0 Å². The molecule has 3 aromatic rings. The lowest BCUT2D eigenvalue weighted by Crippen LogP contribution is -2.38. The molecule has 2 aliphatic rings. The van der Waals surface area contributed by atoms with Crippen molar-refractivity contribution >= 4 is 15.9 Å². The number of nitrogens with one attached hydrogen (secondary N) is 1. The first kappa shape index (κ1) is 26.5. The standard InChI is InChI=1S/C30H38N4O3S/c1-4-38(36,37)26-14-10-23(11-15-26)18-31-30(35)33-19-25(16-22-8-6-5-7-9-22)27(20-33)29-17-28(24-12-13-24)32-34(29)21(2)3/h5-11,14-15,17,21,24-25,27H,4,12-13,16,18-20H2,1-3H3,(H,31,35)/t25?,27-/m1/s1. The number of rotatable bonds is 9. The van der Waals surface area contributed by atoms with Crippen LogP contribution in [0, 0.1) is 5.92 Å². The van der Waals surface area contributed by atoms with Crippen molar-refractivity contribution in [1.29, 1.82) is 0 Å². The summed E-state index contributed by atoms with van der Waals surface area (Å²) in [4.78, 5) is 15.6. The lowest BCUT2D eigenvalue weighted by molar-refractivity contribution is 0.206. The molecule has 1 unspecified atom stereocenters. The Kier molecular flexibility index (Phi) is 7.61. The molecule has 1 N–H and O–H groups in total. The first-order valence-electron chi connectivity index (χ1n) is 13.7. The molecule has 38 heavy (non-hydrogen) atoms. The molecule has 2 heterocycles. The van der Waals surface area contributed by atoms with Gasteiger partial charge >= 0.3 is 6.03 Å². The Bertz CT molecular complexity index is 1360. The number of nitrogens with zero attached hydrogens (tertiary/aromatic N) is 3. The molecule has 0 radical (unpaired) electrons. The van der Waals surface area contributed by atoms with Crippen molar-refractivity contribution in [3.63, 3.8) is 0 Å². The third kappa shape index (κ3) is 5.80. The average Bonchev–Trinajstić information content (AvgIpc) is 3.54. The fourth-order valence-electron chi connectivity index (χ4n) is 5.46. The Balaban J connectivity index is 1.32. The number of hydrogen-bond acceptors (Lipinski definition) is 4. The van der Waals surface area contributed by atoms with Gasteiger partial charge in [0, 0.05) is 43.2 Å². The molecule has 1 aliphatic heterocycles. The zero-order valence-corrected chi connectivity index (χ0v) is 23.3. The predicted molar refractivity (Wildman–Crippen MR) is 149 cm³/mol. The van der Waals surface area contributed by atoms with Crippen LogP contribution in [0.4, 0.5) is 4.79 Å². The molecular weight excluding hydrogens is 496 g/mol. The molecule has 1 saturated carbocycles. The molecule has 0 spiro atoms. The van der Waals surface area contributed by atoms with E-state index < -0.39 is 9.84 Å². The van der Waals surface area contributed by atoms with E-state index in [4.69, 9.17) is 5.10 Å². The van der Waals surface area contributed by atoms with Gasteiger partial charge in [-0.1, -0.05) is 49.4 Å². The lowest BCUT2D eigenvalue weighted by Gasteiger charge is -2.21. The summed E-state index contributed by atoms with van der Waals surface area (Å²) in [5, 5.41) is 8.04. The molecule has 1 aliphatic carbocycles. The van der Waals surface area contributed by atoms with Crippen LogP contribution in [0.3, 0.4) is 0 Å². The maximum atomic E-state index is 13.3. The van der Waals surface area contributed by atoms with Crippen molar-refractivity contribution < 1.29 is 13.2 Å². The van der Waals surface area contributed by atoms with Crippen LogP contribution in [0.2, 0.25) is 0 Å². The minimum Gasteiger partial charge on any atom is -0.334 e. The van der Waals surface area contributed by atoms with Crippen LogP contribution in [0.25, 0.3) is 0 Å². The monoisotopic (exact) mass is 534 g/mol. The van der Waals surface area contributed by atoms with Crippen LogP contribution < -0.4 is 5.32 Å². The Morgan fingerprint density at radius 3 is 2.37 bits per heavy atom. The maximum Gasteiger partial charge on any atom is 0.317 e. The van der Waals surface area contributed by atoms with Gasteiger partial charge in [-0.15, -0.1) is 0 Å². The number of benzene rings is 2. The van der Waals surface area contributed by atoms with E-state index in [1.807, 2.05) is 11.0 Å². The van der Waals surface area contributed by atoms with Gasteiger partial charge in [0.2, 0.25) is 0 Å². The summed E-state index contributed by atoms with van der Waals surface area (Å²) in [5.74, 6) is 1.16. The molecule has 1 saturated heterocycles. The minimum atomic E-state index is -3.24. The van der Waals surface area contributed by atoms with Gasteiger partial charge in [0.25, 0.3) is 0 Å². The molecule has 202 valence electrons. The van der Waals surface area contributed by atoms with Gasteiger partial charge in [-0.2, -0.15) is 5.10 Å². The Hall–Kier alpha value is -3.13. The van der Waals surface area contributed by atoms with Gasteiger partial charge in [-0.25, -0.2) is 13.2 Å². The quantitative estimate of drug-likeness (QED) is 0.404. The second kappa shape index (κ2) is 10.9. The van der Waals surface area contributed by atoms with E-state index in [9.17, 15) is 13.2 Å². The third-order valence-corrected chi connectivity index (χ3v) is 9.57. The van der Waals surface area contributed by atoms with E-state index in [0.29, 0.717) is 36.4 Å². The second-order valence-electron chi connectivity index (χ2n) is 11.0. The van der Waals surface area contributed by atoms with Crippen molar-refractivity contribution in [2.24, 2.45) is 5.92 Å². The highest BCUT2D eigenvalue weighted by Gasteiger charge is 2.39. The zero-order valence-electron chi connectivity index (χ0n) is 22.5. The fraction of sp³-hybridized carbons (Fsp3) is 0.467. The van der Waals surface area contributed by atoms with E-state index in [1.165, 1.54) is 29.8 Å². The van der Waals surface area contributed by atoms with Crippen LogP contribution in [-0.2, 0) is 22.8 Å². The van der Waals surface area contributed by atoms with Crippen molar-refractivity contribution in [3.8, 4) is 0 Å². The number of likely N-dealkylation sites (tertiary alicyclic amines) is 1. The van der Waals surface area contributed by atoms with Crippen LogP contribution in [0.1, 0.15) is 74.0 Å². The van der Waals surface area contributed by atoms with Crippen LogP contribution in [-0.4, -0.2) is 48.0 Å². The van der Waals surface area contributed by atoms with E-state index in [-0.39, 0.29) is 23.7 Å². The summed E-state index contributed by atoms with van der Waals surface area (Å²) in [7, 11) is -3.24. The Morgan fingerprint density at radius 1 is 1.03 bits per heavy atom. The minimum absolute atomic E-state index is 0.0707. The highest BCUT2D eigenvalue weighted by molar-refractivity contribution is 7.91. The van der Waals surface area contributed by atoms with Crippen LogP contribution in [0.5, 0.6) is 0 Å². The molecule has 2 amide bonds. The molecule has 2 atom stereocenters. The predicted octanol–water partition coefficient (Wildman–Crippen LogP) is 5.30. The zero-order chi connectivity index (χ0) is 26.9. The first-order valence-corrected chi connectivity index (χ1v) is 15.4. The van der Waals surface area contributed by atoms with E-state index in [0.717, 1.165) is 12.0 Å². The van der Waals surface area contributed by atoms with Crippen molar-refractivity contribution in [1.82, 2.24) is 20.0 Å². The highest BCUT2D eigenvalue weighted by Crippen LogP contribution is 2.43. The summed E-state index contributed by atoms with van der Waals surface area (Å²) < 4.78 is 26.4. The van der Waals surface area contributed by atoms with Gasteiger partial charge < -0.3 is 10.2 Å². The third-order valence-electron chi connectivity index (χ3n) is 7.82. The molecule has 1 aromatic heterocycles. The number of aromatic nitrogens is 2. The summed E-state index contributed by atoms with van der Waals surface area (Å²) >= 11 is 0. The SMILES string of the molecule is CCS(=O)(=O)c1ccc(CNC(=O)N2CC(Cc3ccccc3)[C@H](c3cc(C4CC4)nn3C(C)C)C2)cc1. The number of carbonyl (C=O) groups is 1.